The van der Waals surface area contributed by atoms with Crippen molar-refractivity contribution in [2.24, 2.45) is 0 Å². The van der Waals surface area contributed by atoms with Gasteiger partial charge in [-0.2, -0.15) is 0 Å². The lowest BCUT2D eigenvalue weighted by Crippen LogP contribution is -2.07. The molecule has 0 unspecified atom stereocenters. The Hall–Kier alpha value is -0.495. The summed E-state index contributed by atoms with van der Waals surface area (Å²) in [5, 5.41) is 8.77. The van der Waals surface area contributed by atoms with Gasteiger partial charge in [-0.3, -0.25) is 0 Å². The van der Waals surface area contributed by atoms with Crippen LogP contribution < -0.4 is 0 Å². The van der Waals surface area contributed by atoms with Crippen LogP contribution in [-0.4, -0.2) is 11.9 Å². The fourth-order valence-corrected chi connectivity index (χ4v) is 0.568. The average molecular weight is 93.9 g/mol. The highest BCUT2D eigenvalue weighted by molar-refractivity contribution is 6.57. The molecule has 1 aliphatic rings. The van der Waals surface area contributed by atoms with Gasteiger partial charge in [0.05, 0.1) is 0 Å². The van der Waals surface area contributed by atoms with Crippen LogP contribution >= 0.6 is 0 Å². The quantitative estimate of drug-likeness (QED) is 0.436. The molecule has 1 heterocycles. The van der Waals surface area contributed by atoms with Crippen LogP contribution in [0.5, 0.6) is 0 Å². The Labute approximate surface area is 43.5 Å². The molecule has 0 spiro atoms. The minimum Gasteiger partial charge on any atom is -0.447 e. The third kappa shape index (κ3) is 1.20. The minimum atomic E-state index is -0.231. The lowest BCUT2D eigenvalue weighted by Gasteiger charge is -1.96. The molecule has 7 heavy (non-hydrogen) atoms. The molecule has 0 bridgehead atoms. The molecule has 0 aromatic rings. The molecule has 1 aliphatic heterocycles. The third-order valence-electron chi connectivity index (χ3n) is 0.958. The van der Waals surface area contributed by atoms with Crippen molar-refractivity contribution in [3.63, 3.8) is 0 Å². The molecular formula is C5H7BO. The molecule has 0 amide bonds. The summed E-state index contributed by atoms with van der Waals surface area (Å²) in [6.45, 7) is -0.231. The highest BCUT2D eigenvalue weighted by atomic mass is 16.2. The van der Waals surface area contributed by atoms with Gasteiger partial charge in [-0.05, 0) is 6.32 Å². The fourth-order valence-electron chi connectivity index (χ4n) is 0.568. The van der Waals surface area contributed by atoms with Crippen molar-refractivity contribution in [1.29, 1.82) is 0 Å². The zero-order chi connectivity index (χ0) is 5.11. The standard InChI is InChI=1S/C5H7BO/c7-6-4-2-1-3-5-6/h1-4,7H,5H2. The van der Waals surface area contributed by atoms with Gasteiger partial charge in [0.15, 0.2) is 0 Å². The molecule has 0 saturated carbocycles. The first-order chi connectivity index (χ1) is 3.39. The maximum atomic E-state index is 8.77. The van der Waals surface area contributed by atoms with Gasteiger partial charge in [0.25, 0.3) is 0 Å². The number of hydrogen-bond donors (Lipinski definition) is 1. The van der Waals surface area contributed by atoms with Crippen LogP contribution in [0.15, 0.2) is 24.2 Å². The summed E-state index contributed by atoms with van der Waals surface area (Å²) in [7, 11) is 0. The highest BCUT2D eigenvalue weighted by Crippen LogP contribution is 1.98. The molecule has 0 aromatic heterocycles. The van der Waals surface area contributed by atoms with E-state index in [0.29, 0.717) is 0 Å². The largest absolute Gasteiger partial charge is 0.447 e. The van der Waals surface area contributed by atoms with Gasteiger partial charge in [0, 0.05) is 0 Å². The van der Waals surface area contributed by atoms with Crippen molar-refractivity contribution in [2.75, 3.05) is 0 Å². The van der Waals surface area contributed by atoms with Crippen molar-refractivity contribution in [3.05, 3.63) is 24.2 Å². The van der Waals surface area contributed by atoms with Crippen LogP contribution in [0.2, 0.25) is 6.32 Å². The van der Waals surface area contributed by atoms with E-state index in [1.807, 2.05) is 18.2 Å². The van der Waals surface area contributed by atoms with Gasteiger partial charge in [-0.15, -0.1) is 0 Å². The normalized spacial score (nSPS) is 18.1. The molecule has 0 aromatic carbocycles. The second-order valence-electron chi connectivity index (χ2n) is 1.62. The van der Waals surface area contributed by atoms with E-state index in [9.17, 15) is 0 Å². The van der Waals surface area contributed by atoms with Gasteiger partial charge in [0.2, 0.25) is 0 Å². The van der Waals surface area contributed by atoms with Crippen LogP contribution in [0.1, 0.15) is 0 Å². The first-order valence-electron chi connectivity index (χ1n) is 2.41. The molecule has 0 fully saturated rings. The predicted octanol–water partition coefficient (Wildman–Crippen LogP) is 0.635. The van der Waals surface area contributed by atoms with Crippen LogP contribution in [0, 0.1) is 0 Å². The zero-order valence-corrected chi connectivity index (χ0v) is 4.04. The summed E-state index contributed by atoms with van der Waals surface area (Å²) < 4.78 is 0. The molecule has 0 radical (unpaired) electrons. The van der Waals surface area contributed by atoms with Crippen molar-refractivity contribution in [2.45, 2.75) is 6.32 Å². The molecule has 36 valence electrons. The van der Waals surface area contributed by atoms with E-state index < -0.39 is 0 Å². The lowest BCUT2D eigenvalue weighted by atomic mass is 9.63. The topological polar surface area (TPSA) is 20.2 Å². The second-order valence-corrected chi connectivity index (χ2v) is 1.62. The molecule has 0 aliphatic carbocycles. The van der Waals surface area contributed by atoms with Gasteiger partial charge in [-0.25, -0.2) is 0 Å². The van der Waals surface area contributed by atoms with Crippen molar-refractivity contribution < 1.29 is 5.02 Å². The monoisotopic (exact) mass is 94.1 g/mol. The Bertz CT molecular complexity index is 107. The maximum Gasteiger partial charge on any atom is 0.319 e. The first-order valence-corrected chi connectivity index (χ1v) is 2.41. The van der Waals surface area contributed by atoms with Crippen molar-refractivity contribution >= 4 is 6.92 Å². The summed E-state index contributed by atoms with van der Waals surface area (Å²) in [5.41, 5.74) is 0. The molecule has 2 heteroatoms. The summed E-state index contributed by atoms with van der Waals surface area (Å²) in [6.07, 6.45) is 6.52. The average Bonchev–Trinajstić information content (AvgIpc) is 1.69. The summed E-state index contributed by atoms with van der Waals surface area (Å²) in [6, 6.07) is 0. The number of rotatable bonds is 0. The molecule has 1 nitrogen and oxygen atoms in total. The molecule has 1 N–H and O–H groups in total. The van der Waals surface area contributed by atoms with Gasteiger partial charge in [-0.1, -0.05) is 24.2 Å². The Morgan fingerprint density at radius 1 is 1.43 bits per heavy atom. The van der Waals surface area contributed by atoms with Gasteiger partial charge in [0.1, 0.15) is 0 Å². The lowest BCUT2D eigenvalue weighted by molar-refractivity contribution is 0.587. The second kappa shape index (κ2) is 1.98. The number of hydrogen-bond acceptors (Lipinski definition) is 1. The molecule has 1 rings (SSSR count). The highest BCUT2D eigenvalue weighted by Gasteiger charge is 2.02. The van der Waals surface area contributed by atoms with Crippen LogP contribution in [0.25, 0.3) is 0 Å². The SMILES string of the molecule is OB1C=CC=CC1. The van der Waals surface area contributed by atoms with E-state index in [1.54, 1.807) is 5.98 Å². The zero-order valence-electron chi connectivity index (χ0n) is 4.04. The molecule has 0 saturated heterocycles. The Morgan fingerprint density at radius 2 is 2.29 bits per heavy atom. The summed E-state index contributed by atoms with van der Waals surface area (Å²) in [5.74, 6) is 1.78. The summed E-state index contributed by atoms with van der Waals surface area (Å²) >= 11 is 0. The van der Waals surface area contributed by atoms with Crippen LogP contribution in [-0.2, 0) is 0 Å². The van der Waals surface area contributed by atoms with Crippen molar-refractivity contribution in [1.82, 2.24) is 0 Å². The Morgan fingerprint density at radius 3 is 2.57 bits per heavy atom. The fraction of sp³-hybridized carbons (Fsp3) is 0.200. The third-order valence-corrected chi connectivity index (χ3v) is 0.958. The van der Waals surface area contributed by atoms with E-state index in [4.69, 9.17) is 5.02 Å². The molecule has 0 atom stereocenters. The van der Waals surface area contributed by atoms with E-state index in [2.05, 4.69) is 0 Å². The maximum absolute atomic E-state index is 8.77. The predicted molar refractivity (Wildman–Crippen MR) is 31.1 cm³/mol. The van der Waals surface area contributed by atoms with Crippen molar-refractivity contribution in [3.8, 4) is 0 Å². The van der Waals surface area contributed by atoms with E-state index >= 15 is 0 Å². The van der Waals surface area contributed by atoms with Gasteiger partial charge >= 0.3 is 6.92 Å². The van der Waals surface area contributed by atoms with Crippen LogP contribution in [0.4, 0.5) is 0 Å². The Balaban J connectivity index is 2.49. The molecular weight excluding hydrogens is 86.9 g/mol. The van der Waals surface area contributed by atoms with Crippen LogP contribution in [0.3, 0.4) is 0 Å². The minimum absolute atomic E-state index is 0.231. The van der Waals surface area contributed by atoms with E-state index in [-0.39, 0.29) is 6.92 Å². The Kier molecular flexibility index (Phi) is 1.32. The first kappa shape index (κ1) is 4.66. The number of allylic oxidation sites excluding steroid dienone is 3. The van der Waals surface area contributed by atoms with E-state index in [1.165, 1.54) is 0 Å². The smallest absolute Gasteiger partial charge is 0.319 e. The van der Waals surface area contributed by atoms with Gasteiger partial charge < -0.3 is 5.02 Å². The van der Waals surface area contributed by atoms with E-state index in [0.717, 1.165) is 6.32 Å². The summed E-state index contributed by atoms with van der Waals surface area (Å²) in [4.78, 5) is 0.